The molecule has 0 radical (unpaired) electrons. The van der Waals surface area contributed by atoms with E-state index in [0.717, 1.165) is 22.3 Å². The van der Waals surface area contributed by atoms with Crippen molar-refractivity contribution in [1.29, 1.82) is 0 Å². The van der Waals surface area contributed by atoms with E-state index in [1.807, 2.05) is 48.5 Å². The molecule has 0 aliphatic heterocycles. The first-order valence-electron chi connectivity index (χ1n) is 10.6. The quantitative estimate of drug-likeness (QED) is 0.366. The van der Waals surface area contributed by atoms with Gasteiger partial charge in [-0.15, -0.1) is 0 Å². The second-order valence-electron chi connectivity index (χ2n) is 8.21. The minimum absolute atomic E-state index is 0.439. The standard InChI is InChI=1S/2C14H10O3/c2*15-13(16)14(17)11-7-3-1-5-9(11)10-6-2-4-8-12(10)14/h2*1-8,17H,(H,15,16). The van der Waals surface area contributed by atoms with Gasteiger partial charge in [0.1, 0.15) is 0 Å². The lowest BCUT2D eigenvalue weighted by atomic mass is 9.92. The first-order chi connectivity index (χ1) is 16.3. The van der Waals surface area contributed by atoms with Crippen LogP contribution >= 0.6 is 0 Å². The highest BCUT2D eigenvalue weighted by atomic mass is 16.4. The van der Waals surface area contributed by atoms with E-state index < -0.39 is 23.1 Å². The molecule has 34 heavy (non-hydrogen) atoms. The van der Waals surface area contributed by atoms with E-state index in [4.69, 9.17) is 0 Å². The van der Waals surface area contributed by atoms with Crippen molar-refractivity contribution < 1.29 is 30.0 Å². The lowest BCUT2D eigenvalue weighted by Gasteiger charge is -2.19. The van der Waals surface area contributed by atoms with Gasteiger partial charge in [0.15, 0.2) is 0 Å². The molecule has 2 aliphatic carbocycles. The summed E-state index contributed by atoms with van der Waals surface area (Å²) in [7, 11) is 0. The molecule has 0 amide bonds. The van der Waals surface area contributed by atoms with Crippen molar-refractivity contribution in [2.24, 2.45) is 0 Å². The first kappa shape index (κ1) is 21.6. The molecule has 0 heterocycles. The molecule has 6 rings (SSSR count). The predicted molar refractivity (Wildman–Crippen MR) is 125 cm³/mol. The smallest absolute Gasteiger partial charge is 0.345 e. The molecule has 4 N–H and O–H groups in total. The Balaban J connectivity index is 0.000000142. The molecule has 0 saturated carbocycles. The molecule has 0 fully saturated rings. The average molecular weight is 452 g/mol. The van der Waals surface area contributed by atoms with E-state index in [9.17, 15) is 30.0 Å². The average Bonchev–Trinajstić information content (AvgIpc) is 3.29. The van der Waals surface area contributed by atoms with Gasteiger partial charge < -0.3 is 20.4 Å². The van der Waals surface area contributed by atoms with E-state index in [1.165, 1.54) is 0 Å². The minimum atomic E-state index is -1.92. The molecule has 0 aromatic heterocycles. The molecule has 2 aliphatic rings. The van der Waals surface area contributed by atoms with Crippen molar-refractivity contribution in [2.75, 3.05) is 0 Å². The Morgan fingerprint density at radius 1 is 0.441 bits per heavy atom. The van der Waals surface area contributed by atoms with Gasteiger partial charge in [-0.3, -0.25) is 0 Å². The topological polar surface area (TPSA) is 115 Å². The van der Waals surface area contributed by atoms with Crippen LogP contribution in [0.5, 0.6) is 0 Å². The van der Waals surface area contributed by atoms with Crippen molar-refractivity contribution >= 4 is 11.9 Å². The molecule has 0 spiro atoms. The van der Waals surface area contributed by atoms with E-state index in [2.05, 4.69) is 0 Å². The summed E-state index contributed by atoms with van der Waals surface area (Å²) >= 11 is 0. The summed E-state index contributed by atoms with van der Waals surface area (Å²) < 4.78 is 0. The summed E-state index contributed by atoms with van der Waals surface area (Å²) in [5.41, 5.74) is 1.05. The zero-order valence-electron chi connectivity index (χ0n) is 17.8. The summed E-state index contributed by atoms with van der Waals surface area (Å²) in [6, 6.07) is 28.2. The number of hydrogen-bond donors (Lipinski definition) is 4. The minimum Gasteiger partial charge on any atom is -0.479 e. The van der Waals surface area contributed by atoms with Crippen LogP contribution in [0.3, 0.4) is 0 Å². The van der Waals surface area contributed by atoms with Crippen LogP contribution in [0.15, 0.2) is 97.1 Å². The van der Waals surface area contributed by atoms with Crippen molar-refractivity contribution in [2.45, 2.75) is 11.2 Å². The van der Waals surface area contributed by atoms with Crippen LogP contribution in [0.4, 0.5) is 0 Å². The number of carboxylic acid groups (broad SMARTS) is 2. The Labute approximate surface area is 195 Å². The lowest BCUT2D eigenvalue weighted by molar-refractivity contribution is -0.155. The largest absolute Gasteiger partial charge is 0.479 e. The second-order valence-corrected chi connectivity index (χ2v) is 8.21. The van der Waals surface area contributed by atoms with Gasteiger partial charge in [-0.2, -0.15) is 0 Å². The second kappa shape index (κ2) is 7.66. The van der Waals surface area contributed by atoms with Crippen LogP contribution in [0.2, 0.25) is 0 Å². The van der Waals surface area contributed by atoms with Gasteiger partial charge in [0.05, 0.1) is 0 Å². The Bertz CT molecular complexity index is 1250. The number of aliphatic hydroxyl groups is 2. The highest BCUT2D eigenvalue weighted by Crippen LogP contribution is 2.48. The van der Waals surface area contributed by atoms with Crippen LogP contribution in [0, 0.1) is 0 Å². The third-order valence-corrected chi connectivity index (χ3v) is 6.47. The summed E-state index contributed by atoms with van der Waals surface area (Å²) in [5, 5.41) is 39.6. The van der Waals surface area contributed by atoms with E-state index in [0.29, 0.717) is 22.3 Å². The van der Waals surface area contributed by atoms with Crippen molar-refractivity contribution in [3.8, 4) is 22.3 Å². The maximum absolute atomic E-state index is 11.4. The fourth-order valence-corrected chi connectivity index (χ4v) is 4.88. The molecule has 0 saturated heterocycles. The fraction of sp³-hybridized carbons (Fsp3) is 0.0714. The molecule has 0 atom stereocenters. The molecule has 0 unspecified atom stereocenters. The van der Waals surface area contributed by atoms with Gasteiger partial charge in [-0.05, 0) is 22.3 Å². The van der Waals surface area contributed by atoms with Crippen LogP contribution in [0.1, 0.15) is 22.3 Å². The normalized spacial score (nSPS) is 15.1. The highest BCUT2D eigenvalue weighted by molar-refractivity contribution is 5.96. The first-order valence-corrected chi connectivity index (χ1v) is 10.6. The van der Waals surface area contributed by atoms with E-state index in [1.54, 1.807) is 48.5 Å². The third kappa shape index (κ3) is 2.83. The van der Waals surface area contributed by atoms with E-state index >= 15 is 0 Å². The summed E-state index contributed by atoms with van der Waals surface area (Å²) in [5.74, 6) is -2.48. The van der Waals surface area contributed by atoms with Crippen LogP contribution in [-0.4, -0.2) is 32.4 Å². The third-order valence-electron chi connectivity index (χ3n) is 6.47. The van der Waals surface area contributed by atoms with Crippen molar-refractivity contribution in [3.05, 3.63) is 119 Å². The number of hydrogen-bond acceptors (Lipinski definition) is 4. The molecular formula is C28H20O6. The zero-order chi connectivity index (χ0) is 24.1. The van der Waals surface area contributed by atoms with Crippen LogP contribution in [0.25, 0.3) is 22.3 Å². The molecule has 6 heteroatoms. The van der Waals surface area contributed by atoms with Gasteiger partial charge in [-0.25, -0.2) is 9.59 Å². The number of aliphatic carboxylic acids is 2. The molecule has 6 nitrogen and oxygen atoms in total. The zero-order valence-corrected chi connectivity index (χ0v) is 17.8. The molecule has 4 aromatic carbocycles. The summed E-state index contributed by atoms with van der Waals surface area (Å²) in [4.78, 5) is 22.8. The highest BCUT2D eigenvalue weighted by Gasteiger charge is 2.48. The van der Waals surface area contributed by atoms with Crippen LogP contribution in [-0.2, 0) is 20.8 Å². The van der Waals surface area contributed by atoms with Gasteiger partial charge in [0.25, 0.3) is 0 Å². The Morgan fingerprint density at radius 3 is 0.853 bits per heavy atom. The monoisotopic (exact) mass is 452 g/mol. The van der Waals surface area contributed by atoms with Crippen LogP contribution < -0.4 is 0 Å². The summed E-state index contributed by atoms with van der Waals surface area (Å²) in [6.45, 7) is 0. The van der Waals surface area contributed by atoms with Gasteiger partial charge in [-0.1, -0.05) is 97.1 Å². The molecule has 4 aromatic rings. The SMILES string of the molecule is O=C(O)C1(O)c2ccccc2-c2ccccc21.O=C(O)C1(O)c2ccccc2-c2ccccc21. The number of fused-ring (bicyclic) bond motifs is 6. The lowest BCUT2D eigenvalue weighted by Crippen LogP contribution is -2.34. The summed E-state index contributed by atoms with van der Waals surface area (Å²) in [6.07, 6.45) is 0. The van der Waals surface area contributed by atoms with Crippen molar-refractivity contribution in [1.82, 2.24) is 0 Å². The Kier molecular flexibility index (Phi) is 4.86. The molecule has 0 bridgehead atoms. The maximum atomic E-state index is 11.4. The fourth-order valence-electron chi connectivity index (χ4n) is 4.88. The molecular weight excluding hydrogens is 432 g/mol. The number of rotatable bonds is 2. The maximum Gasteiger partial charge on any atom is 0.345 e. The Hall–Kier alpha value is -4.26. The number of benzene rings is 4. The Morgan fingerprint density at radius 2 is 0.647 bits per heavy atom. The van der Waals surface area contributed by atoms with E-state index in [-0.39, 0.29) is 0 Å². The number of carboxylic acids is 2. The van der Waals surface area contributed by atoms with Gasteiger partial charge in [0, 0.05) is 22.3 Å². The molecule has 168 valence electrons. The van der Waals surface area contributed by atoms with Gasteiger partial charge >= 0.3 is 11.9 Å². The van der Waals surface area contributed by atoms with Crippen molar-refractivity contribution in [3.63, 3.8) is 0 Å². The van der Waals surface area contributed by atoms with Gasteiger partial charge in [0.2, 0.25) is 11.2 Å². The predicted octanol–water partition coefficient (Wildman–Crippen LogP) is 3.98. The number of carbonyl (C=O) groups is 2.